The van der Waals surface area contributed by atoms with Gasteiger partial charge in [-0.25, -0.2) is 0 Å². The Morgan fingerprint density at radius 3 is 2.05 bits per heavy atom. The first-order valence-corrected chi connectivity index (χ1v) is 8.99. The normalized spacial score (nSPS) is 20.5. The van der Waals surface area contributed by atoms with Crippen LogP contribution < -0.4 is 0 Å². The van der Waals surface area contributed by atoms with E-state index in [1.54, 1.807) is 0 Å². The third-order valence-electron chi connectivity index (χ3n) is 4.58. The van der Waals surface area contributed by atoms with Crippen LogP contribution in [0.2, 0.25) is 0 Å². The van der Waals surface area contributed by atoms with Gasteiger partial charge in [0.2, 0.25) is 0 Å². The Kier molecular flexibility index (Phi) is 10.00. The quantitative estimate of drug-likeness (QED) is 0.506. The average Bonchev–Trinajstić information content (AvgIpc) is 2.45. The summed E-state index contributed by atoms with van der Waals surface area (Å²) in [5, 5.41) is 0. The van der Waals surface area contributed by atoms with Gasteiger partial charge in [-0.2, -0.15) is 0 Å². The molecule has 0 aromatic rings. The molecule has 20 heavy (non-hydrogen) atoms. The molecule has 1 unspecified atom stereocenters. The highest BCUT2D eigenvalue weighted by Gasteiger charge is 2.22. The minimum absolute atomic E-state index is 0.270. The first-order valence-electron chi connectivity index (χ1n) is 8.99. The lowest BCUT2D eigenvalue weighted by molar-refractivity contribution is -0.125. The number of piperidine rings is 1. The third-order valence-corrected chi connectivity index (χ3v) is 4.58. The molecule has 2 nitrogen and oxygen atoms in total. The van der Waals surface area contributed by atoms with Gasteiger partial charge >= 0.3 is 0 Å². The van der Waals surface area contributed by atoms with E-state index in [1.165, 1.54) is 70.8 Å². The molecule has 0 amide bonds. The molecule has 2 heteroatoms. The highest BCUT2D eigenvalue weighted by Crippen LogP contribution is 2.14. The Labute approximate surface area is 126 Å². The van der Waals surface area contributed by atoms with Crippen LogP contribution in [0.5, 0.6) is 0 Å². The van der Waals surface area contributed by atoms with Gasteiger partial charge in [-0.1, -0.05) is 71.6 Å². The molecule has 0 aliphatic carbocycles. The predicted molar refractivity (Wildman–Crippen MR) is 87.1 cm³/mol. The van der Waals surface area contributed by atoms with E-state index in [1.807, 2.05) is 0 Å². The summed E-state index contributed by atoms with van der Waals surface area (Å²) in [6.07, 6.45) is 14.8. The van der Waals surface area contributed by atoms with E-state index in [0.717, 1.165) is 19.5 Å². The number of carbonyl (C=O) groups is 1. The van der Waals surface area contributed by atoms with Crippen LogP contribution in [-0.4, -0.2) is 30.3 Å². The van der Waals surface area contributed by atoms with Gasteiger partial charge in [-0.3, -0.25) is 4.79 Å². The molecule has 0 aromatic heterocycles. The number of rotatable bonds is 11. The molecular weight excluding hydrogens is 246 g/mol. The molecule has 0 spiro atoms. The summed E-state index contributed by atoms with van der Waals surface area (Å²) in [7, 11) is 0. The molecule has 1 rings (SSSR count). The van der Waals surface area contributed by atoms with Crippen LogP contribution in [0.25, 0.3) is 0 Å². The monoisotopic (exact) mass is 281 g/mol. The van der Waals surface area contributed by atoms with Gasteiger partial charge in [0.05, 0.1) is 0 Å². The van der Waals surface area contributed by atoms with Crippen molar-refractivity contribution < 1.29 is 4.79 Å². The van der Waals surface area contributed by atoms with Crippen LogP contribution in [-0.2, 0) is 4.79 Å². The summed E-state index contributed by atoms with van der Waals surface area (Å²) in [5.41, 5.74) is 0. The molecule has 0 aromatic carbocycles. The SMILES string of the molecule is CCCCCCCCCCCCN1CCC(=O)C(C)C1. The lowest BCUT2D eigenvalue weighted by Gasteiger charge is -2.29. The fourth-order valence-electron chi connectivity index (χ4n) is 3.12. The van der Waals surface area contributed by atoms with Crippen molar-refractivity contribution in [2.24, 2.45) is 5.92 Å². The second-order valence-corrected chi connectivity index (χ2v) is 6.60. The zero-order valence-corrected chi connectivity index (χ0v) is 13.8. The van der Waals surface area contributed by atoms with Crippen LogP contribution in [0.3, 0.4) is 0 Å². The highest BCUT2D eigenvalue weighted by atomic mass is 16.1. The smallest absolute Gasteiger partial charge is 0.138 e. The Bertz CT molecular complexity index is 252. The van der Waals surface area contributed by atoms with E-state index >= 15 is 0 Å². The molecule has 1 fully saturated rings. The van der Waals surface area contributed by atoms with E-state index in [9.17, 15) is 4.79 Å². The van der Waals surface area contributed by atoms with Crippen molar-refractivity contribution in [2.45, 2.75) is 84.5 Å². The number of Topliss-reactive ketones (excluding diaryl/α,β-unsaturated/α-hetero) is 1. The highest BCUT2D eigenvalue weighted by molar-refractivity contribution is 5.81. The topological polar surface area (TPSA) is 20.3 Å². The summed E-state index contributed by atoms with van der Waals surface area (Å²) in [6.45, 7) is 7.55. The van der Waals surface area contributed by atoms with Crippen LogP contribution in [0.4, 0.5) is 0 Å². The maximum Gasteiger partial charge on any atom is 0.138 e. The molecule has 0 saturated carbocycles. The van der Waals surface area contributed by atoms with Gasteiger partial charge in [-0.15, -0.1) is 0 Å². The van der Waals surface area contributed by atoms with Crippen molar-refractivity contribution in [1.82, 2.24) is 4.90 Å². The van der Waals surface area contributed by atoms with E-state index in [2.05, 4.69) is 18.7 Å². The number of unbranched alkanes of at least 4 members (excludes halogenated alkanes) is 9. The lowest BCUT2D eigenvalue weighted by atomic mass is 9.98. The Hall–Kier alpha value is -0.370. The molecule has 0 radical (unpaired) electrons. The maximum absolute atomic E-state index is 11.5. The molecule has 1 saturated heterocycles. The van der Waals surface area contributed by atoms with Crippen LogP contribution in [0.15, 0.2) is 0 Å². The molecule has 118 valence electrons. The van der Waals surface area contributed by atoms with E-state index in [4.69, 9.17) is 0 Å². The first kappa shape index (κ1) is 17.7. The fraction of sp³-hybridized carbons (Fsp3) is 0.944. The van der Waals surface area contributed by atoms with Crippen LogP contribution in [0.1, 0.15) is 84.5 Å². The van der Waals surface area contributed by atoms with Crippen molar-refractivity contribution in [3.05, 3.63) is 0 Å². The second-order valence-electron chi connectivity index (χ2n) is 6.60. The number of carbonyl (C=O) groups excluding carboxylic acids is 1. The number of hydrogen-bond acceptors (Lipinski definition) is 2. The molecule has 1 aliphatic rings. The lowest BCUT2D eigenvalue weighted by Crippen LogP contribution is -2.39. The summed E-state index contributed by atoms with van der Waals surface area (Å²) >= 11 is 0. The molecule has 0 bridgehead atoms. The average molecular weight is 281 g/mol. The van der Waals surface area contributed by atoms with Crippen molar-refractivity contribution in [1.29, 1.82) is 0 Å². The number of nitrogens with zero attached hydrogens (tertiary/aromatic N) is 1. The Morgan fingerprint density at radius 2 is 1.50 bits per heavy atom. The van der Waals surface area contributed by atoms with Gasteiger partial charge in [0, 0.05) is 25.4 Å². The van der Waals surface area contributed by atoms with Crippen molar-refractivity contribution in [3.63, 3.8) is 0 Å². The van der Waals surface area contributed by atoms with Gasteiger partial charge < -0.3 is 4.90 Å². The number of ketones is 1. The molecular formula is C18H35NO. The molecule has 1 atom stereocenters. The molecule has 1 aliphatic heterocycles. The van der Waals surface area contributed by atoms with Crippen molar-refractivity contribution >= 4 is 5.78 Å². The Balaban J connectivity index is 1.84. The summed E-state index contributed by atoms with van der Waals surface area (Å²) in [6, 6.07) is 0. The molecule has 0 N–H and O–H groups in total. The minimum atomic E-state index is 0.270. The number of likely N-dealkylation sites (tertiary alicyclic amines) is 1. The van der Waals surface area contributed by atoms with Gasteiger partial charge in [0.1, 0.15) is 5.78 Å². The van der Waals surface area contributed by atoms with Crippen molar-refractivity contribution in [2.75, 3.05) is 19.6 Å². The van der Waals surface area contributed by atoms with Crippen LogP contribution in [0, 0.1) is 5.92 Å². The second kappa shape index (κ2) is 11.3. The zero-order valence-electron chi connectivity index (χ0n) is 13.8. The minimum Gasteiger partial charge on any atom is -0.302 e. The summed E-state index contributed by atoms with van der Waals surface area (Å²) < 4.78 is 0. The van der Waals surface area contributed by atoms with E-state index < -0.39 is 0 Å². The fourth-order valence-corrected chi connectivity index (χ4v) is 3.12. The first-order chi connectivity index (χ1) is 9.74. The maximum atomic E-state index is 11.5. The van der Waals surface area contributed by atoms with Gasteiger partial charge in [-0.05, 0) is 13.0 Å². The number of hydrogen-bond donors (Lipinski definition) is 0. The predicted octanol–water partition coefficient (Wildman–Crippen LogP) is 4.82. The van der Waals surface area contributed by atoms with E-state index in [-0.39, 0.29) is 5.92 Å². The summed E-state index contributed by atoms with van der Waals surface area (Å²) in [4.78, 5) is 13.9. The Morgan fingerprint density at radius 1 is 0.950 bits per heavy atom. The zero-order chi connectivity index (χ0) is 14.6. The van der Waals surface area contributed by atoms with Gasteiger partial charge in [0.15, 0.2) is 0 Å². The van der Waals surface area contributed by atoms with Crippen molar-refractivity contribution in [3.8, 4) is 0 Å². The third kappa shape index (κ3) is 8.04. The van der Waals surface area contributed by atoms with Crippen LogP contribution >= 0.6 is 0 Å². The summed E-state index contributed by atoms with van der Waals surface area (Å²) in [5.74, 6) is 0.733. The standard InChI is InChI=1S/C18H35NO/c1-3-4-5-6-7-8-9-10-11-12-14-19-15-13-18(20)17(2)16-19/h17H,3-16H2,1-2H3. The molecule has 1 heterocycles. The van der Waals surface area contributed by atoms with Gasteiger partial charge in [0.25, 0.3) is 0 Å². The largest absolute Gasteiger partial charge is 0.302 e. The van der Waals surface area contributed by atoms with E-state index in [0.29, 0.717) is 5.78 Å².